The molecule has 212 valence electrons. The monoisotopic (exact) mass is 578 g/mol. The van der Waals surface area contributed by atoms with Gasteiger partial charge < -0.3 is 18.8 Å². The molecule has 2 aromatic carbocycles. The molecule has 5 atom stereocenters. The van der Waals surface area contributed by atoms with Crippen LogP contribution in [0, 0.1) is 11.8 Å². The molecule has 0 aromatic heterocycles. The highest BCUT2D eigenvalue weighted by Crippen LogP contribution is 2.52. The number of carbonyl (C=O) groups excluding carboxylic acids is 3. The van der Waals surface area contributed by atoms with Crippen molar-refractivity contribution >= 4 is 48.5 Å². The van der Waals surface area contributed by atoms with Crippen molar-refractivity contribution in [2.75, 3.05) is 0 Å². The fraction of sp³-hybridized carbons (Fsp3) is 0.433. The minimum Gasteiger partial charge on any atom is -0.428 e. The summed E-state index contributed by atoms with van der Waals surface area (Å²) in [6, 6.07) is 18.5. The van der Waals surface area contributed by atoms with Crippen LogP contribution in [0.25, 0.3) is 16.7 Å². The maximum atomic E-state index is 13.6. The van der Waals surface area contributed by atoms with E-state index < -0.39 is 14.3 Å². The number of ketones is 1. The number of Topliss-reactive ketones (excluding diaryl/α,β-unsaturated/α-hetero) is 1. The number of benzene rings is 2. The average Bonchev–Trinajstić information content (AvgIpc) is 3.23. The molecular formula is C30H40BN2O5PSi. The minimum absolute atomic E-state index is 0.0340. The molecule has 1 amide bonds. The van der Waals surface area contributed by atoms with Crippen molar-refractivity contribution < 1.29 is 23.3 Å². The van der Waals surface area contributed by atoms with Gasteiger partial charge in [0.25, 0.3) is 0 Å². The zero-order chi connectivity index (χ0) is 29.2. The Morgan fingerprint density at radius 2 is 1.52 bits per heavy atom. The molecule has 0 radical (unpaired) electrons. The van der Waals surface area contributed by atoms with E-state index in [1.807, 2.05) is 55.5 Å². The average molecular weight is 579 g/mol. The van der Waals surface area contributed by atoms with Gasteiger partial charge in [-0.3, -0.25) is 9.59 Å². The van der Waals surface area contributed by atoms with Crippen LogP contribution in [0.15, 0.2) is 54.2 Å². The third kappa shape index (κ3) is 5.49. The van der Waals surface area contributed by atoms with Crippen molar-refractivity contribution in [3.05, 3.63) is 65.4 Å². The largest absolute Gasteiger partial charge is 0.428 e. The van der Waals surface area contributed by atoms with Gasteiger partial charge in [-0.1, -0.05) is 76.2 Å². The van der Waals surface area contributed by atoms with E-state index in [1.54, 1.807) is 19.8 Å². The topological polar surface area (TPSA) is 84.9 Å². The minimum atomic E-state index is -1.91. The summed E-state index contributed by atoms with van der Waals surface area (Å²) in [5, 5.41) is 0. The van der Waals surface area contributed by atoms with Crippen molar-refractivity contribution in [1.29, 1.82) is 0 Å². The molecule has 0 bridgehead atoms. The highest BCUT2D eigenvalue weighted by Gasteiger charge is 2.61. The smallest absolute Gasteiger partial charge is 0.359 e. The zero-order valence-corrected chi connectivity index (χ0v) is 26.5. The Labute approximate surface area is 241 Å². The van der Waals surface area contributed by atoms with Gasteiger partial charge in [0.05, 0.1) is 18.1 Å². The summed E-state index contributed by atoms with van der Waals surface area (Å²) in [4.78, 5) is 43.2. The van der Waals surface area contributed by atoms with Crippen LogP contribution >= 0.6 is 8.96 Å². The van der Waals surface area contributed by atoms with Crippen molar-refractivity contribution in [2.45, 2.75) is 71.8 Å². The van der Waals surface area contributed by atoms with Crippen LogP contribution in [-0.4, -0.2) is 51.0 Å². The molecule has 1 N–H and O–H groups in total. The predicted molar refractivity (Wildman–Crippen MR) is 166 cm³/mol. The highest BCUT2D eigenvalue weighted by molar-refractivity contribution is 7.32. The summed E-state index contributed by atoms with van der Waals surface area (Å²) in [5.41, 5.74) is 4.75. The molecule has 7 nitrogen and oxygen atoms in total. The van der Waals surface area contributed by atoms with Gasteiger partial charge in [-0.15, -0.1) is 0 Å². The molecule has 2 aromatic rings. The van der Waals surface area contributed by atoms with Crippen molar-refractivity contribution in [3.8, 4) is 11.1 Å². The van der Waals surface area contributed by atoms with E-state index in [2.05, 4.69) is 32.7 Å². The Morgan fingerprint density at radius 3 is 2.02 bits per heavy atom. The lowest BCUT2D eigenvalue weighted by Crippen LogP contribution is -2.65. The molecule has 2 aliphatic heterocycles. The Balaban J connectivity index is 1.66. The maximum absolute atomic E-state index is 13.6. The van der Waals surface area contributed by atoms with E-state index in [0.717, 1.165) is 40.4 Å². The van der Waals surface area contributed by atoms with Gasteiger partial charge in [0.2, 0.25) is 5.91 Å². The van der Waals surface area contributed by atoms with Gasteiger partial charge in [-0.2, -0.15) is 0 Å². The van der Waals surface area contributed by atoms with Crippen molar-refractivity contribution in [2.24, 2.45) is 11.8 Å². The molecule has 0 spiro atoms. The van der Waals surface area contributed by atoms with Crippen LogP contribution in [0.3, 0.4) is 0 Å². The first-order valence-corrected chi connectivity index (χ1v) is 17.7. The molecule has 1 saturated heterocycles. The molecule has 2 aliphatic rings. The lowest BCUT2D eigenvalue weighted by atomic mass is 9.77. The number of nitrogens with one attached hydrogen (secondary N) is 1. The number of rotatable bonds is 12. The third-order valence-electron chi connectivity index (χ3n) is 8.79. The molecule has 0 aliphatic carbocycles. The van der Waals surface area contributed by atoms with Crippen LogP contribution in [0.5, 0.6) is 0 Å². The first-order chi connectivity index (χ1) is 19.1. The molecule has 1 fully saturated rings. The van der Waals surface area contributed by atoms with Gasteiger partial charge in [-0.05, 0) is 54.2 Å². The SMILES string of the molecule is BNPOC(=O)C1=C(c2ccc(-c3ccc(C(C)=O)cc3)cc2)[C@H](C)[C@@H]2[C@@H]([C@@H](C)O[Si](CC)(CC)CC)C(=O)N12. The Bertz CT molecular complexity index is 1290. The molecule has 0 saturated carbocycles. The van der Waals surface area contributed by atoms with E-state index in [4.69, 9.17) is 8.95 Å². The second-order valence-corrected chi connectivity index (χ2v) is 16.4. The molecular weight excluding hydrogens is 538 g/mol. The summed E-state index contributed by atoms with van der Waals surface area (Å²) < 4.78 is 12.2. The Morgan fingerprint density at radius 1 is 1.00 bits per heavy atom. The molecule has 10 heteroatoms. The van der Waals surface area contributed by atoms with Crippen LogP contribution in [-0.2, 0) is 18.5 Å². The van der Waals surface area contributed by atoms with Crippen molar-refractivity contribution in [1.82, 2.24) is 9.90 Å². The van der Waals surface area contributed by atoms with Crippen LogP contribution in [0.4, 0.5) is 0 Å². The summed E-state index contributed by atoms with van der Waals surface area (Å²) in [6.07, 6.45) is -0.209. The number of hydrogen-bond donors (Lipinski definition) is 1. The standard InChI is InChI=1S/C30H40BN2O5PSi/c1-7-40(8-2,9-3)38-20(6)26-27-18(4)25(28(33(27)29(26)35)30(36)37-39-32-31)24-16-14-23(15-17-24)22-12-10-21(11-13-22)19(5)34/h10-18,20,26-27,32,39H,7-9,31H2,1-6H3/t18-,20+,26+,27+/m0/s1. The lowest BCUT2D eigenvalue weighted by Gasteiger charge is -2.49. The second-order valence-electron chi connectivity index (χ2n) is 10.8. The maximum Gasteiger partial charge on any atom is 0.359 e. The third-order valence-corrected chi connectivity index (χ3v) is 14.0. The molecule has 2 heterocycles. The fourth-order valence-corrected chi connectivity index (χ4v) is 9.51. The van der Waals surface area contributed by atoms with Crippen molar-refractivity contribution in [3.63, 3.8) is 0 Å². The number of hydrogen-bond acceptors (Lipinski definition) is 6. The number of β-lactam (4-membered cyclic amide) rings is 1. The molecule has 1 unspecified atom stereocenters. The van der Waals surface area contributed by atoms with Crippen LogP contribution in [0.1, 0.15) is 57.5 Å². The van der Waals surface area contributed by atoms with E-state index in [0.29, 0.717) is 11.3 Å². The predicted octanol–water partition coefficient (Wildman–Crippen LogP) is 5.34. The van der Waals surface area contributed by atoms with Crippen LogP contribution in [0.2, 0.25) is 18.1 Å². The lowest BCUT2D eigenvalue weighted by molar-refractivity contribution is -0.161. The van der Waals surface area contributed by atoms with Gasteiger partial charge >= 0.3 is 5.97 Å². The van der Waals surface area contributed by atoms with Gasteiger partial charge in [0.1, 0.15) is 14.7 Å². The summed E-state index contributed by atoms with van der Waals surface area (Å²) in [5.74, 6) is -0.867. The number of amides is 1. The second kappa shape index (κ2) is 12.5. The van der Waals surface area contributed by atoms with E-state index >= 15 is 0 Å². The van der Waals surface area contributed by atoms with Gasteiger partial charge in [0.15, 0.2) is 22.1 Å². The normalized spacial score (nSPS) is 21.5. The number of nitrogens with zero attached hydrogens (tertiary/aromatic N) is 1. The molecule has 40 heavy (non-hydrogen) atoms. The van der Waals surface area contributed by atoms with Crippen LogP contribution < -0.4 is 5.00 Å². The van der Waals surface area contributed by atoms with Gasteiger partial charge in [0, 0.05) is 11.5 Å². The number of fused-ring (bicyclic) bond motifs is 1. The molecule has 4 rings (SSSR count). The number of carbonyl (C=O) groups is 3. The summed E-state index contributed by atoms with van der Waals surface area (Å²) in [7, 11) is -0.387. The first-order valence-electron chi connectivity index (χ1n) is 14.2. The summed E-state index contributed by atoms with van der Waals surface area (Å²) in [6.45, 7) is 12.3. The quantitative estimate of drug-likeness (QED) is 0.158. The zero-order valence-electron chi connectivity index (χ0n) is 24.5. The Hall–Kier alpha value is -2.58. The summed E-state index contributed by atoms with van der Waals surface area (Å²) >= 11 is 0. The van der Waals surface area contributed by atoms with E-state index in [9.17, 15) is 14.4 Å². The van der Waals surface area contributed by atoms with E-state index in [-0.39, 0.29) is 44.6 Å². The highest BCUT2D eigenvalue weighted by atomic mass is 31.1. The first kappa shape index (κ1) is 30.4. The Kier molecular flexibility index (Phi) is 9.51. The van der Waals surface area contributed by atoms with E-state index in [1.165, 1.54) is 0 Å². The van der Waals surface area contributed by atoms with Gasteiger partial charge in [-0.25, -0.2) is 4.79 Å². The fourth-order valence-electron chi connectivity index (χ4n) is 6.28.